The van der Waals surface area contributed by atoms with Crippen LogP contribution < -0.4 is 53.6 Å². The Morgan fingerprint density at radius 2 is 0.912 bits per heavy atom. The lowest BCUT2D eigenvalue weighted by Gasteiger charge is -2.35. The van der Waals surface area contributed by atoms with E-state index in [9.17, 15) is 87.2 Å². The van der Waals surface area contributed by atoms with Gasteiger partial charge in [0.1, 0.15) is 72.5 Å². The number of aliphatic hydroxyl groups is 1. The van der Waals surface area contributed by atoms with Crippen molar-refractivity contribution < 1.29 is 92.3 Å². The first kappa shape index (κ1) is 86.3. The molecule has 4 rings (SSSR count). The molecule has 1 aromatic rings. The van der Waals surface area contributed by atoms with Gasteiger partial charge in [0.05, 0.1) is 12.6 Å². The summed E-state index contributed by atoms with van der Waals surface area (Å²) in [4.78, 5) is 208. The third-order valence-corrected chi connectivity index (χ3v) is 19.9. The lowest BCUT2D eigenvalue weighted by Crippen LogP contribution is -2.62. The minimum Gasteiger partial charge on any atom is -0.481 e. The zero-order valence-electron chi connectivity index (χ0n) is 59.8. The van der Waals surface area contributed by atoms with Crippen LogP contribution in [-0.4, -0.2) is 253 Å². The van der Waals surface area contributed by atoms with Gasteiger partial charge in [0, 0.05) is 38.9 Å². The van der Waals surface area contributed by atoms with Crippen molar-refractivity contribution in [2.75, 3.05) is 50.3 Å². The van der Waals surface area contributed by atoms with Gasteiger partial charge in [-0.15, -0.1) is 0 Å². The van der Waals surface area contributed by atoms with Crippen LogP contribution in [0.25, 0.3) is 0 Å². The van der Waals surface area contributed by atoms with Crippen molar-refractivity contribution in [3.8, 4) is 0 Å². The monoisotopic (exact) mass is 1470 g/mol. The van der Waals surface area contributed by atoms with Crippen molar-refractivity contribution in [2.24, 2.45) is 23.5 Å². The number of carboxylic acids is 3. The first-order valence-corrected chi connectivity index (χ1v) is 37.8. The van der Waals surface area contributed by atoms with E-state index in [0.29, 0.717) is 55.6 Å². The second kappa shape index (κ2) is 43.1. The topological polar surface area (TPSA) is 481 Å². The number of hydrogen-bond acceptors (Lipinski definition) is 19. The van der Waals surface area contributed by atoms with E-state index in [1.807, 2.05) is 6.26 Å². The molecule has 3 heterocycles. The number of aliphatic carboxylic acids is 3. The Hall–Kier alpha value is -8.11. The maximum atomic E-state index is 14.7. The molecule has 34 heteroatoms. The number of likely N-dealkylation sites (tertiary alicyclic amines) is 3. The van der Waals surface area contributed by atoms with Crippen LogP contribution in [0.4, 0.5) is 0 Å². The molecule has 0 spiro atoms. The fourth-order valence-electron chi connectivity index (χ4n) is 12.2. The number of hydrogen-bond donors (Lipinski definition) is 14. The summed E-state index contributed by atoms with van der Waals surface area (Å²) < 4.78 is 0. The summed E-state index contributed by atoms with van der Waals surface area (Å²) >= 11 is 2.83. The number of carbonyl (C=O) groups excluding carboxylic acids is 12. The van der Waals surface area contributed by atoms with Gasteiger partial charge in [-0.2, -0.15) is 23.5 Å². The van der Waals surface area contributed by atoms with Gasteiger partial charge in [0.15, 0.2) is 0 Å². The molecule has 12 amide bonds. The molecule has 15 N–H and O–H groups in total. The molecule has 0 bridgehead atoms. The lowest BCUT2D eigenvalue weighted by molar-refractivity contribution is -0.149. The Kier molecular flexibility index (Phi) is 36.5. The van der Waals surface area contributed by atoms with Gasteiger partial charge in [-0.25, -0.2) is 4.79 Å². The van der Waals surface area contributed by atoms with E-state index in [0.717, 1.165) is 0 Å². The van der Waals surface area contributed by atoms with E-state index in [1.165, 1.54) is 45.1 Å². The molecule has 15 atom stereocenters. The van der Waals surface area contributed by atoms with Gasteiger partial charge in [-0.3, -0.25) is 67.1 Å². The predicted octanol–water partition coefficient (Wildman–Crippen LogP) is -0.637. The molecule has 0 radical (unpaired) electrons. The molecule has 1 aromatic carbocycles. The Morgan fingerprint density at radius 3 is 1.43 bits per heavy atom. The van der Waals surface area contributed by atoms with Crippen LogP contribution in [0.5, 0.6) is 0 Å². The van der Waals surface area contributed by atoms with E-state index < -0.39 is 211 Å². The molecule has 0 unspecified atom stereocenters. The second-order valence-electron chi connectivity index (χ2n) is 26.8. The van der Waals surface area contributed by atoms with Crippen molar-refractivity contribution in [1.29, 1.82) is 0 Å². The quantitative estimate of drug-likeness (QED) is 0.0387. The summed E-state index contributed by atoms with van der Waals surface area (Å²) in [6, 6.07) is -7.99. The highest BCUT2D eigenvalue weighted by molar-refractivity contribution is 7.98. The molecule has 3 aliphatic rings. The molecule has 3 fully saturated rings. The largest absolute Gasteiger partial charge is 0.481 e. The second-order valence-corrected chi connectivity index (χ2v) is 28.8. The van der Waals surface area contributed by atoms with E-state index >= 15 is 0 Å². The van der Waals surface area contributed by atoms with Crippen LogP contribution in [0.1, 0.15) is 150 Å². The Balaban J connectivity index is 1.46. The zero-order chi connectivity index (χ0) is 76.1. The maximum absolute atomic E-state index is 14.7. The Morgan fingerprint density at radius 1 is 0.490 bits per heavy atom. The number of aliphatic hydroxyl groups excluding tert-OH is 1. The van der Waals surface area contributed by atoms with Gasteiger partial charge in [0.2, 0.25) is 70.9 Å². The molecule has 0 aliphatic carbocycles. The number of nitrogens with zero attached hydrogens (tertiary/aromatic N) is 3. The minimum atomic E-state index is -1.67. The number of carboxylic acid groups (broad SMARTS) is 3. The fraction of sp³-hybridized carbons (Fsp3) is 0.691. The van der Waals surface area contributed by atoms with Crippen molar-refractivity contribution in [3.05, 3.63) is 35.9 Å². The number of nitrogens with one attached hydrogen (secondary N) is 9. The molecule has 0 saturated carbocycles. The smallest absolute Gasteiger partial charge is 0.326 e. The van der Waals surface area contributed by atoms with Gasteiger partial charge in [-0.1, -0.05) is 84.7 Å². The summed E-state index contributed by atoms with van der Waals surface area (Å²) in [5.41, 5.74) is 6.85. The summed E-state index contributed by atoms with van der Waals surface area (Å²) in [5, 5.41) is 62.5. The van der Waals surface area contributed by atoms with Crippen molar-refractivity contribution in [1.82, 2.24) is 62.6 Å². The fourth-order valence-corrected chi connectivity index (χ4v) is 13.2. The average molecular weight is 1470 g/mol. The highest BCUT2D eigenvalue weighted by Crippen LogP contribution is 2.28. The summed E-state index contributed by atoms with van der Waals surface area (Å²) in [6.07, 6.45) is 4.36. The van der Waals surface area contributed by atoms with Crippen molar-refractivity contribution in [2.45, 2.75) is 230 Å². The van der Waals surface area contributed by atoms with Gasteiger partial charge < -0.3 is 88.7 Å². The van der Waals surface area contributed by atoms with Crippen LogP contribution >= 0.6 is 23.5 Å². The standard InChI is InChI=1S/C68H107N13O19S2/c1-10-38(5)54(77-56(87)40(7)70-58(89)43(23-25-52(83)84)71-60(91)46(34-37(3)4)75-61(92)47(35-41-18-13-12-14-19-41)74-57(88)42(69)27-32-101-8)66(97)80-30-16-21-50(80)63(94)72-44(28-33-102-9)59(90)76-48(36-82)62(93)78-55(39(6)11-2)67(98)81-31-17-22-51(81)65(96)79-29-15-20-49(79)64(95)73-45(68(99)100)24-26-53(85)86/h12-14,18-19,37-40,42-51,54-55,82H,10-11,15-17,20-36,69H2,1-9H3,(H,70,89)(H,71,91)(H,72,94)(H,73,95)(H,74,88)(H,75,92)(H,76,90)(H,77,87)(H,78,93)(H,83,84)(H,85,86)(H,99,100)/t38-,39-,40-,42-,43-,44+,45-,46-,47-,48+,49+,50+,51-,54-,55+/m1/s1. The molecule has 3 aliphatic heterocycles. The molecule has 570 valence electrons. The van der Waals surface area contributed by atoms with E-state index in [4.69, 9.17) is 10.8 Å². The third kappa shape index (κ3) is 26.3. The number of rotatable bonds is 43. The van der Waals surface area contributed by atoms with E-state index in [1.54, 1.807) is 78.1 Å². The van der Waals surface area contributed by atoms with Crippen LogP contribution in [0.2, 0.25) is 0 Å². The van der Waals surface area contributed by atoms with Crippen LogP contribution in [0.3, 0.4) is 0 Å². The first-order chi connectivity index (χ1) is 48.3. The summed E-state index contributed by atoms with van der Waals surface area (Å²) in [7, 11) is 0. The molecule has 0 aromatic heterocycles. The van der Waals surface area contributed by atoms with E-state index in [2.05, 4.69) is 47.9 Å². The minimum absolute atomic E-state index is 0.0122. The van der Waals surface area contributed by atoms with Crippen LogP contribution in [0.15, 0.2) is 30.3 Å². The van der Waals surface area contributed by atoms with Crippen molar-refractivity contribution >= 4 is 112 Å². The Bertz CT molecular complexity index is 3080. The van der Waals surface area contributed by atoms with E-state index in [-0.39, 0.29) is 64.1 Å². The molecule has 3 saturated heterocycles. The van der Waals surface area contributed by atoms with Crippen LogP contribution in [0, 0.1) is 17.8 Å². The summed E-state index contributed by atoms with van der Waals surface area (Å²) in [6.45, 7) is 11.1. The van der Waals surface area contributed by atoms with Crippen molar-refractivity contribution in [3.63, 3.8) is 0 Å². The van der Waals surface area contributed by atoms with Gasteiger partial charge >= 0.3 is 17.9 Å². The first-order valence-electron chi connectivity index (χ1n) is 35.0. The number of carbonyl (C=O) groups is 15. The number of thioether (sulfide) groups is 2. The molecule has 102 heavy (non-hydrogen) atoms. The number of benzene rings is 1. The average Bonchev–Trinajstić information content (AvgIpc) is 1.63. The predicted molar refractivity (Wildman–Crippen MR) is 378 cm³/mol. The normalized spacial score (nSPS) is 19.3. The zero-order valence-corrected chi connectivity index (χ0v) is 61.5. The molecular formula is C68H107N13O19S2. The highest BCUT2D eigenvalue weighted by Gasteiger charge is 2.46. The summed E-state index contributed by atoms with van der Waals surface area (Å²) in [5.74, 6) is -13.7. The Labute approximate surface area is 603 Å². The third-order valence-electron chi connectivity index (χ3n) is 18.6. The lowest BCUT2D eigenvalue weighted by atomic mass is 9.96. The number of nitrogens with two attached hydrogens (primary N) is 1. The molecular weight excluding hydrogens is 1370 g/mol. The highest BCUT2D eigenvalue weighted by atomic mass is 32.2. The van der Waals surface area contributed by atoms with Gasteiger partial charge in [-0.05, 0) is 125 Å². The number of amides is 12. The van der Waals surface area contributed by atoms with Crippen LogP contribution in [-0.2, 0) is 78.3 Å². The maximum Gasteiger partial charge on any atom is 0.326 e. The SMILES string of the molecule is CC[C@@H](C)[C@H](NC(=O)[C@H](CO)NC(=O)[C@H](CCSC)NC(=O)[C@@H]1CCCN1C(=O)[C@H](NC(=O)[C@@H](C)NC(=O)[C@@H](CCC(=O)O)NC(=O)[C@@H](CC(C)C)NC(=O)[C@@H](Cc1ccccc1)NC(=O)[C@H](N)CCSC)[C@H](C)CC)C(=O)N1CCC[C@@H]1C(=O)N1CCC[C@H]1C(=O)N[C@H](CCC(=O)O)C(=O)O. The molecule has 32 nitrogen and oxygen atoms in total. The van der Waals surface area contributed by atoms with Gasteiger partial charge in [0.25, 0.3) is 0 Å².